The molecule has 1 amide bonds. The van der Waals surface area contributed by atoms with Gasteiger partial charge < -0.3 is 5.32 Å². The van der Waals surface area contributed by atoms with Crippen LogP contribution in [0.25, 0.3) is 27.8 Å². The number of aryl methyl sites for hydroxylation is 1. The number of amides is 1. The fourth-order valence-electron chi connectivity index (χ4n) is 8.59. The highest BCUT2D eigenvalue weighted by Gasteiger charge is 2.29. The van der Waals surface area contributed by atoms with E-state index in [-0.39, 0.29) is 23.0 Å². The van der Waals surface area contributed by atoms with Gasteiger partial charge in [-0.2, -0.15) is 0 Å². The lowest BCUT2D eigenvalue weighted by Crippen LogP contribution is -2.49. The van der Waals surface area contributed by atoms with Crippen LogP contribution in [0.5, 0.6) is 0 Å². The smallest absolute Gasteiger partial charge is 0.337 e. The van der Waals surface area contributed by atoms with E-state index >= 15 is 0 Å². The van der Waals surface area contributed by atoms with Crippen molar-refractivity contribution in [3.63, 3.8) is 0 Å². The molecule has 0 spiro atoms. The molecule has 8 rings (SSSR count). The zero-order valence-corrected chi connectivity index (χ0v) is 30.2. The van der Waals surface area contributed by atoms with Gasteiger partial charge in [0.15, 0.2) is 5.65 Å². The van der Waals surface area contributed by atoms with E-state index < -0.39 is 23.1 Å². The third kappa shape index (κ3) is 7.45. The normalized spacial score (nSPS) is 20.2. The van der Waals surface area contributed by atoms with E-state index in [1.165, 1.54) is 40.4 Å². The Bertz CT molecular complexity index is 2230. The standard InChI is InChI=1S/C42H46FN7O3/c1-28-6-4-11-38(45-28)40(51)46-33-16-18-35(19-17-33)50-41(52)37-25-32(43)26-44-39(37)49(42(50)53)36-10-5-7-31(24-36)30-14-12-29(13-15-30)27-47-20-22-48(23-21-47)34-8-2-3-9-34/h4-7,10-15,24-26,33-35H,2-3,8-9,16-23,27H2,1H3,(H,46,51)/t33-,35+. The number of carbonyl (C=O) groups is 1. The summed E-state index contributed by atoms with van der Waals surface area (Å²) >= 11 is 0. The number of hydrogen-bond donors (Lipinski definition) is 1. The Morgan fingerprint density at radius 2 is 1.57 bits per heavy atom. The highest BCUT2D eigenvalue weighted by molar-refractivity contribution is 5.92. The quantitative estimate of drug-likeness (QED) is 0.209. The number of halogens is 1. The molecule has 0 unspecified atom stereocenters. The van der Waals surface area contributed by atoms with Crippen molar-refractivity contribution in [3.8, 4) is 16.8 Å². The molecule has 274 valence electrons. The van der Waals surface area contributed by atoms with Crippen molar-refractivity contribution < 1.29 is 9.18 Å². The van der Waals surface area contributed by atoms with Gasteiger partial charge in [0.2, 0.25) is 0 Å². The van der Waals surface area contributed by atoms with Crippen LogP contribution >= 0.6 is 0 Å². The number of nitrogens with one attached hydrogen (secondary N) is 1. The predicted molar refractivity (Wildman–Crippen MR) is 204 cm³/mol. The SMILES string of the molecule is Cc1cccc(C(=O)N[C@H]2CC[C@@H](n3c(=O)c4cc(F)cnc4n(-c4cccc(-c5ccc(CN6CCN(C7CCCC7)CC6)cc5)c4)c3=O)CC2)n1. The molecule has 1 saturated heterocycles. The average Bonchev–Trinajstić information content (AvgIpc) is 3.72. The zero-order valence-electron chi connectivity index (χ0n) is 30.2. The highest BCUT2D eigenvalue weighted by Crippen LogP contribution is 2.29. The van der Waals surface area contributed by atoms with Crippen molar-refractivity contribution in [1.29, 1.82) is 0 Å². The lowest BCUT2D eigenvalue weighted by molar-refractivity contribution is 0.0916. The summed E-state index contributed by atoms with van der Waals surface area (Å²) in [5.74, 6) is -0.890. The van der Waals surface area contributed by atoms with Crippen molar-refractivity contribution in [2.45, 2.75) is 83.0 Å². The Morgan fingerprint density at radius 1 is 0.830 bits per heavy atom. The van der Waals surface area contributed by atoms with Crippen LogP contribution in [0.15, 0.2) is 88.6 Å². The minimum Gasteiger partial charge on any atom is -0.348 e. The largest absolute Gasteiger partial charge is 0.348 e. The van der Waals surface area contributed by atoms with E-state index in [0.29, 0.717) is 37.1 Å². The summed E-state index contributed by atoms with van der Waals surface area (Å²) in [5, 5.41) is 3.10. The van der Waals surface area contributed by atoms with Crippen LogP contribution < -0.4 is 16.6 Å². The molecule has 0 atom stereocenters. The van der Waals surface area contributed by atoms with E-state index in [1.807, 2.05) is 37.3 Å². The third-order valence-electron chi connectivity index (χ3n) is 11.5. The van der Waals surface area contributed by atoms with Gasteiger partial charge in [0.25, 0.3) is 11.5 Å². The minimum absolute atomic E-state index is 0.0457. The molecule has 3 aromatic heterocycles. The van der Waals surface area contributed by atoms with Gasteiger partial charge in [-0.25, -0.2) is 23.7 Å². The monoisotopic (exact) mass is 715 g/mol. The van der Waals surface area contributed by atoms with E-state index in [9.17, 15) is 18.8 Å². The highest BCUT2D eigenvalue weighted by atomic mass is 19.1. The molecule has 0 radical (unpaired) electrons. The topological polar surface area (TPSA) is 105 Å². The number of rotatable bonds is 8. The molecule has 2 aliphatic carbocycles. The van der Waals surface area contributed by atoms with Gasteiger partial charge in [0, 0.05) is 56.5 Å². The predicted octanol–water partition coefficient (Wildman–Crippen LogP) is 6.03. The van der Waals surface area contributed by atoms with E-state index in [1.54, 1.807) is 12.1 Å². The molecule has 1 aliphatic heterocycles. The molecule has 2 saturated carbocycles. The van der Waals surface area contributed by atoms with E-state index in [2.05, 4.69) is 49.4 Å². The van der Waals surface area contributed by atoms with Crippen molar-refractivity contribution in [2.24, 2.45) is 0 Å². The van der Waals surface area contributed by atoms with Crippen LogP contribution in [0.2, 0.25) is 0 Å². The Hall–Kier alpha value is -5.00. The number of hydrogen-bond acceptors (Lipinski definition) is 7. The minimum atomic E-state index is -0.646. The lowest BCUT2D eigenvalue weighted by atomic mass is 9.90. The third-order valence-corrected chi connectivity index (χ3v) is 11.5. The number of piperazine rings is 1. The van der Waals surface area contributed by atoms with Crippen LogP contribution in [0.4, 0.5) is 4.39 Å². The summed E-state index contributed by atoms with van der Waals surface area (Å²) < 4.78 is 17.3. The molecule has 4 heterocycles. The maximum atomic E-state index is 14.6. The van der Waals surface area contributed by atoms with Crippen LogP contribution in [0, 0.1) is 12.7 Å². The second-order valence-electron chi connectivity index (χ2n) is 15.0. The first-order chi connectivity index (χ1) is 25.8. The number of carbonyl (C=O) groups excluding carboxylic acids is 1. The Labute approximate surface area is 308 Å². The van der Waals surface area contributed by atoms with E-state index in [0.717, 1.165) is 67.8 Å². The molecular weight excluding hydrogens is 670 g/mol. The summed E-state index contributed by atoms with van der Waals surface area (Å²) in [7, 11) is 0. The number of nitrogens with zero attached hydrogens (tertiary/aromatic N) is 6. The van der Waals surface area contributed by atoms with Gasteiger partial charge in [-0.05, 0) is 92.5 Å². The lowest BCUT2D eigenvalue weighted by Gasteiger charge is -2.38. The summed E-state index contributed by atoms with van der Waals surface area (Å²) in [5.41, 5.74) is 3.89. The molecule has 3 aliphatic rings. The summed E-state index contributed by atoms with van der Waals surface area (Å²) in [6.07, 6.45) is 8.63. The van der Waals surface area contributed by atoms with Gasteiger partial charge >= 0.3 is 5.69 Å². The molecule has 3 fully saturated rings. The van der Waals surface area contributed by atoms with Crippen molar-refractivity contribution in [1.82, 2.24) is 34.2 Å². The fourth-order valence-corrected chi connectivity index (χ4v) is 8.59. The zero-order chi connectivity index (χ0) is 36.5. The first-order valence-corrected chi connectivity index (χ1v) is 19.0. The van der Waals surface area contributed by atoms with Crippen LogP contribution in [-0.4, -0.2) is 73.1 Å². The molecule has 0 bridgehead atoms. The number of pyridine rings is 2. The van der Waals surface area contributed by atoms with Crippen LogP contribution in [0.3, 0.4) is 0 Å². The average molecular weight is 716 g/mol. The summed E-state index contributed by atoms with van der Waals surface area (Å²) in [6, 6.07) is 22.9. The molecule has 5 aromatic rings. The van der Waals surface area contributed by atoms with E-state index in [4.69, 9.17) is 0 Å². The molecule has 1 N–H and O–H groups in total. The van der Waals surface area contributed by atoms with Crippen molar-refractivity contribution >= 4 is 16.9 Å². The number of aromatic nitrogens is 4. The summed E-state index contributed by atoms with van der Waals surface area (Å²) in [6.45, 7) is 7.22. The fraction of sp³-hybridized carbons (Fsp3) is 0.405. The molecular formula is C42H46FN7O3. The maximum absolute atomic E-state index is 14.6. The number of fused-ring (bicyclic) bond motifs is 1. The Morgan fingerprint density at radius 3 is 2.30 bits per heavy atom. The molecule has 53 heavy (non-hydrogen) atoms. The first kappa shape index (κ1) is 35.1. The second kappa shape index (κ2) is 15.2. The number of benzene rings is 2. The Balaban J connectivity index is 1.01. The molecule has 11 heteroatoms. The second-order valence-corrected chi connectivity index (χ2v) is 15.0. The summed E-state index contributed by atoms with van der Waals surface area (Å²) in [4.78, 5) is 54.9. The van der Waals surface area contributed by atoms with Gasteiger partial charge in [-0.1, -0.05) is 55.3 Å². The van der Waals surface area contributed by atoms with Crippen molar-refractivity contribution in [2.75, 3.05) is 26.2 Å². The van der Waals surface area contributed by atoms with Gasteiger partial charge in [0.05, 0.1) is 17.3 Å². The van der Waals surface area contributed by atoms with Crippen molar-refractivity contribution in [3.05, 3.63) is 123 Å². The maximum Gasteiger partial charge on any atom is 0.337 e. The molecule has 10 nitrogen and oxygen atoms in total. The van der Waals surface area contributed by atoms with Gasteiger partial charge in [-0.3, -0.25) is 24.0 Å². The van der Waals surface area contributed by atoms with Crippen LogP contribution in [-0.2, 0) is 6.54 Å². The van der Waals surface area contributed by atoms with Crippen LogP contribution in [0.1, 0.15) is 79.2 Å². The first-order valence-electron chi connectivity index (χ1n) is 19.0. The Kier molecular flexibility index (Phi) is 10.0. The molecule has 2 aromatic carbocycles. The van der Waals surface area contributed by atoms with Gasteiger partial charge in [-0.15, -0.1) is 0 Å². The van der Waals surface area contributed by atoms with Gasteiger partial charge in [0.1, 0.15) is 11.5 Å².